The maximum atomic E-state index is 15.4. The monoisotopic (exact) mass is 712 g/mol. The van der Waals surface area contributed by atoms with Gasteiger partial charge in [0.05, 0.1) is 19.2 Å². The van der Waals surface area contributed by atoms with Crippen LogP contribution in [0.2, 0.25) is 0 Å². The molecule has 0 aliphatic carbocycles. The van der Waals surface area contributed by atoms with Gasteiger partial charge in [0.25, 0.3) is 11.5 Å². The molecule has 0 saturated carbocycles. The molecule has 0 atom stereocenters. The fourth-order valence-corrected chi connectivity index (χ4v) is 5.76. The third-order valence-corrected chi connectivity index (χ3v) is 8.43. The summed E-state index contributed by atoms with van der Waals surface area (Å²) in [5.41, 5.74) is -0.337. The molecule has 3 heterocycles. The molecule has 0 bridgehead atoms. The van der Waals surface area contributed by atoms with E-state index in [1.54, 1.807) is 23.1 Å². The second-order valence-corrected chi connectivity index (χ2v) is 13.3. The first-order valence-electron chi connectivity index (χ1n) is 16.7. The van der Waals surface area contributed by atoms with Crippen molar-refractivity contribution in [3.05, 3.63) is 113 Å². The lowest BCUT2D eigenvalue weighted by Gasteiger charge is -2.33. The summed E-state index contributed by atoms with van der Waals surface area (Å²) >= 11 is 0. The maximum Gasteiger partial charge on any atom is 0.410 e. The number of carbonyl (C=O) groups is 2. The van der Waals surface area contributed by atoms with Gasteiger partial charge in [0.1, 0.15) is 22.7 Å². The largest absolute Gasteiger partial charge is 0.493 e. The SMILES string of the molecule is COc1cc2c(Oc3ccc(NC(=O)c4cccn(-c5ccc(F)cc5)c4=O)cc3F)ccnc2cc1OCC1CCN(C(=O)OC(C)(C)C)CC1. The number of benzene rings is 3. The third kappa shape index (κ3) is 8.31. The van der Waals surface area contributed by atoms with Crippen molar-refractivity contribution in [3.63, 3.8) is 0 Å². The molecular formula is C39H38F2N4O7. The van der Waals surface area contributed by atoms with E-state index in [2.05, 4.69) is 10.3 Å². The van der Waals surface area contributed by atoms with Crippen LogP contribution in [0.4, 0.5) is 19.3 Å². The number of anilines is 1. The third-order valence-electron chi connectivity index (χ3n) is 8.43. The van der Waals surface area contributed by atoms with E-state index in [1.807, 2.05) is 20.8 Å². The number of fused-ring (bicyclic) bond motifs is 1. The van der Waals surface area contributed by atoms with Crippen molar-refractivity contribution in [1.29, 1.82) is 0 Å². The molecule has 270 valence electrons. The van der Waals surface area contributed by atoms with Crippen LogP contribution in [0.3, 0.4) is 0 Å². The molecule has 1 aliphatic rings. The van der Waals surface area contributed by atoms with Gasteiger partial charge in [-0.3, -0.25) is 19.1 Å². The number of ether oxygens (including phenoxy) is 4. The number of methoxy groups -OCH3 is 1. The van der Waals surface area contributed by atoms with Crippen LogP contribution in [0.1, 0.15) is 44.0 Å². The standard InChI is InChI=1S/C39H38F2N4O7/c1-39(2,3)52-38(48)44-18-14-24(15-19-44)23-50-35-22-31-29(21-34(35)49-4)32(13-16-42-31)51-33-12-9-26(20-30(33)41)43-36(46)28-6-5-17-45(37(28)47)27-10-7-25(40)8-11-27/h5-13,16-17,20-22,24H,14-15,18-19,23H2,1-4H3,(H,43,46). The molecule has 52 heavy (non-hydrogen) atoms. The maximum absolute atomic E-state index is 15.4. The molecule has 6 rings (SSSR count). The van der Waals surface area contributed by atoms with E-state index in [9.17, 15) is 18.8 Å². The van der Waals surface area contributed by atoms with Crippen molar-refractivity contribution < 1.29 is 37.3 Å². The molecule has 0 radical (unpaired) electrons. The van der Waals surface area contributed by atoms with E-state index in [0.717, 1.165) is 18.9 Å². The lowest BCUT2D eigenvalue weighted by Crippen LogP contribution is -2.42. The Hall–Kier alpha value is -5.98. The first-order chi connectivity index (χ1) is 24.9. The fraction of sp³-hybridized carbons (Fsp3) is 0.282. The van der Waals surface area contributed by atoms with Crippen molar-refractivity contribution in [2.24, 2.45) is 5.92 Å². The van der Waals surface area contributed by atoms with Gasteiger partial charge in [-0.2, -0.15) is 0 Å². The number of rotatable bonds is 9. The van der Waals surface area contributed by atoms with E-state index >= 15 is 4.39 Å². The lowest BCUT2D eigenvalue weighted by atomic mass is 9.98. The highest BCUT2D eigenvalue weighted by atomic mass is 19.1. The number of carbonyl (C=O) groups excluding carboxylic acids is 2. The number of likely N-dealkylation sites (tertiary alicyclic amines) is 1. The Labute approximate surface area is 298 Å². The van der Waals surface area contributed by atoms with Gasteiger partial charge in [-0.25, -0.2) is 13.6 Å². The van der Waals surface area contributed by atoms with Gasteiger partial charge in [-0.05, 0) is 100 Å². The Morgan fingerprint density at radius 3 is 2.37 bits per heavy atom. The van der Waals surface area contributed by atoms with Crippen LogP contribution < -0.4 is 25.1 Å². The van der Waals surface area contributed by atoms with Gasteiger partial charge in [0.15, 0.2) is 23.1 Å². The first-order valence-corrected chi connectivity index (χ1v) is 16.7. The van der Waals surface area contributed by atoms with Crippen LogP contribution >= 0.6 is 0 Å². The zero-order valence-electron chi connectivity index (χ0n) is 29.2. The second kappa shape index (κ2) is 15.1. The van der Waals surface area contributed by atoms with Gasteiger partial charge in [0, 0.05) is 54.4 Å². The highest BCUT2D eigenvalue weighted by molar-refractivity contribution is 6.04. The van der Waals surface area contributed by atoms with Crippen LogP contribution in [0.25, 0.3) is 16.6 Å². The molecule has 3 aromatic carbocycles. The van der Waals surface area contributed by atoms with Crippen molar-refractivity contribution in [2.45, 2.75) is 39.2 Å². The highest BCUT2D eigenvalue weighted by Crippen LogP contribution is 2.38. The van der Waals surface area contributed by atoms with Crippen LogP contribution in [0.15, 0.2) is 90.0 Å². The van der Waals surface area contributed by atoms with Gasteiger partial charge < -0.3 is 29.2 Å². The Bertz CT molecular complexity index is 2160. The summed E-state index contributed by atoms with van der Waals surface area (Å²) in [5.74, 6) is -0.608. The van der Waals surface area contributed by atoms with Crippen molar-refractivity contribution >= 4 is 28.6 Å². The van der Waals surface area contributed by atoms with E-state index in [-0.39, 0.29) is 29.0 Å². The highest BCUT2D eigenvalue weighted by Gasteiger charge is 2.27. The molecular weight excluding hydrogens is 674 g/mol. The Morgan fingerprint density at radius 2 is 1.67 bits per heavy atom. The summed E-state index contributed by atoms with van der Waals surface area (Å²) in [5, 5.41) is 3.10. The summed E-state index contributed by atoms with van der Waals surface area (Å²) in [6.07, 6.45) is 4.22. The predicted molar refractivity (Wildman–Crippen MR) is 191 cm³/mol. The Kier molecular flexibility index (Phi) is 10.4. The van der Waals surface area contributed by atoms with Crippen LogP contribution in [0, 0.1) is 17.6 Å². The summed E-state index contributed by atoms with van der Waals surface area (Å²) in [7, 11) is 1.52. The van der Waals surface area contributed by atoms with Crippen LogP contribution in [-0.2, 0) is 4.74 Å². The molecule has 1 fully saturated rings. The zero-order chi connectivity index (χ0) is 37.0. The summed E-state index contributed by atoms with van der Waals surface area (Å²) < 4.78 is 53.2. The topological polar surface area (TPSA) is 121 Å². The molecule has 5 aromatic rings. The summed E-state index contributed by atoms with van der Waals surface area (Å²) in [4.78, 5) is 44.6. The molecule has 1 aliphatic heterocycles. The number of hydrogen-bond acceptors (Lipinski definition) is 8. The lowest BCUT2D eigenvalue weighted by molar-refractivity contribution is 0.0164. The minimum absolute atomic E-state index is 0.102. The molecule has 1 saturated heterocycles. The number of pyridine rings is 2. The van der Waals surface area contributed by atoms with Crippen molar-refractivity contribution in [3.8, 4) is 28.7 Å². The average Bonchev–Trinajstić information content (AvgIpc) is 3.11. The second-order valence-electron chi connectivity index (χ2n) is 13.3. The number of aromatic nitrogens is 2. The van der Waals surface area contributed by atoms with Gasteiger partial charge in [0.2, 0.25) is 0 Å². The predicted octanol–water partition coefficient (Wildman–Crippen LogP) is 7.74. The van der Waals surface area contributed by atoms with Gasteiger partial charge in [-0.15, -0.1) is 0 Å². The molecule has 2 aromatic heterocycles. The van der Waals surface area contributed by atoms with Crippen LogP contribution in [0.5, 0.6) is 23.0 Å². The van der Waals surface area contributed by atoms with Gasteiger partial charge >= 0.3 is 6.09 Å². The summed E-state index contributed by atoms with van der Waals surface area (Å²) in [6, 6.07) is 17.1. The number of amides is 2. The number of nitrogens with zero attached hydrogens (tertiary/aromatic N) is 3. The number of hydrogen-bond donors (Lipinski definition) is 1. The number of piperidine rings is 1. The Balaban J connectivity index is 1.12. The molecule has 13 heteroatoms. The van der Waals surface area contributed by atoms with Gasteiger partial charge in [-0.1, -0.05) is 0 Å². The first kappa shape index (κ1) is 35.8. The van der Waals surface area contributed by atoms with Crippen molar-refractivity contribution in [1.82, 2.24) is 14.5 Å². The molecule has 0 spiro atoms. The molecule has 1 N–H and O–H groups in total. The summed E-state index contributed by atoms with van der Waals surface area (Å²) in [6.45, 7) is 7.12. The van der Waals surface area contributed by atoms with E-state index in [1.165, 1.54) is 72.6 Å². The van der Waals surface area contributed by atoms with E-state index < -0.39 is 28.7 Å². The Morgan fingerprint density at radius 1 is 0.923 bits per heavy atom. The van der Waals surface area contributed by atoms with E-state index in [0.29, 0.717) is 53.5 Å². The number of halogens is 2. The molecule has 0 unspecified atom stereocenters. The fourth-order valence-electron chi connectivity index (χ4n) is 5.76. The van der Waals surface area contributed by atoms with E-state index in [4.69, 9.17) is 18.9 Å². The smallest absolute Gasteiger partial charge is 0.410 e. The number of nitrogens with one attached hydrogen (secondary N) is 1. The zero-order valence-corrected chi connectivity index (χ0v) is 29.2. The minimum atomic E-state index is -0.760. The molecule has 2 amide bonds. The molecule has 11 nitrogen and oxygen atoms in total. The van der Waals surface area contributed by atoms with Crippen molar-refractivity contribution in [2.75, 3.05) is 32.1 Å². The quantitative estimate of drug-likeness (QED) is 0.165. The average molecular weight is 713 g/mol. The normalized spacial score (nSPS) is 13.5. The minimum Gasteiger partial charge on any atom is -0.493 e. The van der Waals surface area contributed by atoms with Crippen LogP contribution in [-0.4, -0.2) is 58.9 Å².